The number of aromatic nitrogens is 2. The van der Waals surface area contributed by atoms with Crippen molar-refractivity contribution in [1.29, 1.82) is 0 Å². The molecule has 20 heavy (non-hydrogen) atoms. The van der Waals surface area contributed by atoms with E-state index in [1.54, 1.807) is 29.2 Å². The van der Waals surface area contributed by atoms with Crippen LogP contribution in [0.2, 0.25) is 0 Å². The van der Waals surface area contributed by atoms with E-state index < -0.39 is 10.0 Å². The molecule has 1 aromatic heterocycles. The van der Waals surface area contributed by atoms with Gasteiger partial charge in [0, 0.05) is 31.0 Å². The van der Waals surface area contributed by atoms with Gasteiger partial charge in [0.1, 0.15) is 0 Å². The monoisotopic (exact) mass is 294 g/mol. The van der Waals surface area contributed by atoms with E-state index in [-0.39, 0.29) is 17.2 Å². The van der Waals surface area contributed by atoms with Crippen LogP contribution in [0.4, 0.5) is 5.69 Å². The number of aryl methyl sites for hydroxylation is 1. The van der Waals surface area contributed by atoms with Crippen molar-refractivity contribution in [1.82, 2.24) is 9.78 Å². The Hall–Kier alpha value is -2.19. The molecule has 0 atom stereocenters. The fraction of sp³-hybridized carbons (Fsp3) is 0.167. The van der Waals surface area contributed by atoms with Crippen LogP contribution in [-0.4, -0.2) is 24.1 Å². The number of sulfonamides is 1. The number of anilines is 1. The molecule has 0 aliphatic carbocycles. The largest absolute Gasteiger partial charge is 0.326 e. The van der Waals surface area contributed by atoms with E-state index in [0.29, 0.717) is 12.2 Å². The number of nitrogens with zero attached hydrogens (tertiary/aromatic N) is 2. The quantitative estimate of drug-likeness (QED) is 0.840. The summed E-state index contributed by atoms with van der Waals surface area (Å²) in [4.78, 5) is 11.7. The first-order valence-electron chi connectivity index (χ1n) is 5.85. The van der Waals surface area contributed by atoms with E-state index in [1.165, 1.54) is 18.2 Å². The van der Waals surface area contributed by atoms with Crippen molar-refractivity contribution in [2.75, 3.05) is 5.32 Å². The summed E-state index contributed by atoms with van der Waals surface area (Å²) in [7, 11) is -3.77. The van der Waals surface area contributed by atoms with E-state index in [1.807, 2.05) is 0 Å². The molecule has 0 aliphatic rings. The topological polar surface area (TPSA) is 107 Å². The lowest BCUT2D eigenvalue weighted by molar-refractivity contribution is -0.116. The number of amides is 1. The predicted molar refractivity (Wildman–Crippen MR) is 73.3 cm³/mol. The van der Waals surface area contributed by atoms with Gasteiger partial charge in [-0.2, -0.15) is 5.10 Å². The van der Waals surface area contributed by atoms with E-state index in [0.717, 1.165) is 0 Å². The molecule has 2 aromatic rings. The maximum absolute atomic E-state index is 11.7. The number of carbonyl (C=O) groups excluding carboxylic acids is 1. The second kappa shape index (κ2) is 5.85. The lowest BCUT2D eigenvalue weighted by atomic mass is 10.3. The Morgan fingerprint density at radius 1 is 1.35 bits per heavy atom. The van der Waals surface area contributed by atoms with Crippen LogP contribution in [0, 0.1) is 0 Å². The molecule has 0 radical (unpaired) electrons. The van der Waals surface area contributed by atoms with Gasteiger partial charge in [0.25, 0.3) is 0 Å². The third-order valence-corrected chi connectivity index (χ3v) is 3.48. The number of hydrogen-bond donors (Lipinski definition) is 2. The number of nitrogens with two attached hydrogens (primary N) is 1. The van der Waals surface area contributed by atoms with Gasteiger partial charge >= 0.3 is 0 Å². The number of hydrogen-bond acceptors (Lipinski definition) is 4. The molecular formula is C12H14N4O3S. The average molecular weight is 294 g/mol. The number of benzene rings is 1. The van der Waals surface area contributed by atoms with Crippen LogP contribution in [0.1, 0.15) is 6.42 Å². The van der Waals surface area contributed by atoms with Gasteiger partial charge in [-0.25, -0.2) is 13.6 Å². The zero-order valence-corrected chi connectivity index (χ0v) is 11.4. The van der Waals surface area contributed by atoms with Crippen LogP contribution in [-0.2, 0) is 21.4 Å². The lowest BCUT2D eigenvalue weighted by Gasteiger charge is -2.06. The lowest BCUT2D eigenvalue weighted by Crippen LogP contribution is -2.16. The molecule has 1 heterocycles. The number of nitrogens with one attached hydrogen (secondary N) is 1. The number of carbonyl (C=O) groups is 1. The van der Waals surface area contributed by atoms with Crippen molar-refractivity contribution in [3.63, 3.8) is 0 Å². The second-order valence-electron chi connectivity index (χ2n) is 4.14. The summed E-state index contributed by atoms with van der Waals surface area (Å²) < 4.78 is 24.1. The molecule has 3 N–H and O–H groups in total. The van der Waals surface area contributed by atoms with Crippen molar-refractivity contribution < 1.29 is 13.2 Å². The van der Waals surface area contributed by atoms with Crippen LogP contribution in [0.25, 0.3) is 0 Å². The highest BCUT2D eigenvalue weighted by Gasteiger charge is 2.09. The molecule has 8 heteroatoms. The molecule has 0 bridgehead atoms. The third-order valence-electron chi connectivity index (χ3n) is 2.57. The van der Waals surface area contributed by atoms with Gasteiger partial charge < -0.3 is 5.32 Å². The standard InChI is InChI=1S/C12H14N4O3S/c13-20(18,19)11-4-1-3-10(9-11)15-12(17)5-8-16-7-2-6-14-16/h1-4,6-7,9H,5,8H2,(H,15,17)(H2,13,18,19). The zero-order valence-electron chi connectivity index (χ0n) is 10.6. The Morgan fingerprint density at radius 3 is 2.80 bits per heavy atom. The van der Waals surface area contributed by atoms with Gasteiger partial charge in [-0.1, -0.05) is 6.07 Å². The highest BCUT2D eigenvalue weighted by atomic mass is 32.2. The van der Waals surface area contributed by atoms with Gasteiger partial charge in [0.15, 0.2) is 0 Å². The number of rotatable bonds is 5. The van der Waals surface area contributed by atoms with Crippen molar-refractivity contribution >= 4 is 21.6 Å². The Labute approximate surface area is 116 Å². The highest BCUT2D eigenvalue weighted by Crippen LogP contribution is 2.14. The highest BCUT2D eigenvalue weighted by molar-refractivity contribution is 7.89. The van der Waals surface area contributed by atoms with Crippen LogP contribution in [0.5, 0.6) is 0 Å². The first-order chi connectivity index (χ1) is 9.45. The molecule has 0 aliphatic heterocycles. The second-order valence-corrected chi connectivity index (χ2v) is 5.70. The van der Waals surface area contributed by atoms with Crippen molar-refractivity contribution in [3.05, 3.63) is 42.7 Å². The maximum atomic E-state index is 11.7. The summed E-state index contributed by atoms with van der Waals surface area (Å²) in [6, 6.07) is 7.58. The summed E-state index contributed by atoms with van der Waals surface area (Å²) in [5.41, 5.74) is 0.391. The molecule has 106 valence electrons. The molecule has 0 fully saturated rings. The molecule has 7 nitrogen and oxygen atoms in total. The minimum Gasteiger partial charge on any atom is -0.326 e. The Balaban J connectivity index is 1.97. The van der Waals surface area contributed by atoms with Gasteiger partial charge in [0.2, 0.25) is 15.9 Å². The number of primary sulfonamides is 1. The Morgan fingerprint density at radius 2 is 2.15 bits per heavy atom. The van der Waals surface area contributed by atoms with Gasteiger partial charge in [-0.15, -0.1) is 0 Å². The fourth-order valence-corrected chi connectivity index (χ4v) is 2.18. The molecule has 1 amide bonds. The van der Waals surface area contributed by atoms with E-state index in [9.17, 15) is 13.2 Å². The Kier molecular flexibility index (Phi) is 4.16. The van der Waals surface area contributed by atoms with Gasteiger partial charge in [-0.05, 0) is 24.3 Å². The summed E-state index contributed by atoms with van der Waals surface area (Å²) in [5.74, 6) is -0.230. The van der Waals surface area contributed by atoms with Gasteiger partial charge in [-0.3, -0.25) is 9.48 Å². The molecule has 2 rings (SSSR count). The summed E-state index contributed by atoms with van der Waals surface area (Å²) in [5, 5.41) is 11.6. The summed E-state index contributed by atoms with van der Waals surface area (Å²) in [6.07, 6.45) is 3.63. The Bertz CT molecular complexity index is 695. The SMILES string of the molecule is NS(=O)(=O)c1cccc(NC(=O)CCn2cccn2)c1. The van der Waals surface area contributed by atoms with Crippen molar-refractivity contribution in [2.24, 2.45) is 5.14 Å². The van der Waals surface area contributed by atoms with Crippen molar-refractivity contribution in [2.45, 2.75) is 17.9 Å². The van der Waals surface area contributed by atoms with Crippen molar-refractivity contribution in [3.8, 4) is 0 Å². The van der Waals surface area contributed by atoms with Crippen LogP contribution in [0.3, 0.4) is 0 Å². The summed E-state index contributed by atoms with van der Waals surface area (Å²) >= 11 is 0. The average Bonchev–Trinajstić information content (AvgIpc) is 2.89. The molecule has 0 spiro atoms. The molecule has 1 aromatic carbocycles. The third kappa shape index (κ3) is 3.90. The van der Waals surface area contributed by atoms with E-state index in [4.69, 9.17) is 5.14 Å². The smallest absolute Gasteiger partial charge is 0.238 e. The molecule has 0 unspecified atom stereocenters. The summed E-state index contributed by atoms with van der Waals surface area (Å²) in [6.45, 7) is 0.452. The minimum atomic E-state index is -3.77. The normalized spacial score (nSPS) is 11.2. The van der Waals surface area contributed by atoms with E-state index in [2.05, 4.69) is 10.4 Å². The molecule has 0 saturated heterocycles. The molecule has 0 saturated carbocycles. The van der Waals surface area contributed by atoms with Gasteiger partial charge in [0.05, 0.1) is 4.90 Å². The first kappa shape index (κ1) is 14.2. The zero-order chi connectivity index (χ0) is 14.6. The van der Waals surface area contributed by atoms with E-state index >= 15 is 0 Å². The van der Waals surface area contributed by atoms with Crippen LogP contribution in [0.15, 0.2) is 47.6 Å². The minimum absolute atomic E-state index is 0.0395. The van der Waals surface area contributed by atoms with Crippen LogP contribution < -0.4 is 10.5 Å². The first-order valence-corrected chi connectivity index (χ1v) is 7.40. The molecular weight excluding hydrogens is 280 g/mol. The van der Waals surface area contributed by atoms with Crippen LogP contribution >= 0.6 is 0 Å². The maximum Gasteiger partial charge on any atom is 0.238 e. The predicted octanol–water partition coefficient (Wildman–Crippen LogP) is 0.559. The fourth-order valence-electron chi connectivity index (χ4n) is 1.62.